The van der Waals surface area contributed by atoms with Gasteiger partial charge < -0.3 is 26.1 Å². The number of aliphatic hydroxyl groups excluding tert-OH is 2. The molecule has 1 aliphatic carbocycles. The van der Waals surface area contributed by atoms with Crippen molar-refractivity contribution in [1.82, 2.24) is 4.90 Å². The van der Waals surface area contributed by atoms with E-state index in [-0.39, 0.29) is 24.8 Å². The van der Waals surface area contributed by atoms with Crippen molar-refractivity contribution in [1.29, 1.82) is 0 Å². The van der Waals surface area contributed by atoms with Gasteiger partial charge >= 0.3 is 0 Å². The number of amidine groups is 1. The maximum atomic E-state index is 12.4. The van der Waals surface area contributed by atoms with Crippen LogP contribution in [0, 0.1) is 11.3 Å². The first-order valence-corrected chi connectivity index (χ1v) is 6.04. The van der Waals surface area contributed by atoms with Gasteiger partial charge in [-0.2, -0.15) is 0 Å². The molecular formula is C11H19N3O4. The zero-order chi connectivity index (χ0) is 13.5. The van der Waals surface area contributed by atoms with Crippen molar-refractivity contribution in [3.05, 3.63) is 0 Å². The molecule has 0 aromatic heterocycles. The van der Waals surface area contributed by atoms with Crippen LogP contribution in [0.4, 0.5) is 0 Å². The minimum absolute atomic E-state index is 0.0820. The Kier molecular flexibility index (Phi) is 3.20. The number of carbonyl (C=O) groups is 1. The number of hydrogen-bond acceptors (Lipinski definition) is 5. The zero-order valence-corrected chi connectivity index (χ0v) is 10.3. The number of likely N-dealkylation sites (tertiary alicyclic amines) is 1. The summed E-state index contributed by atoms with van der Waals surface area (Å²) < 4.78 is 0. The van der Waals surface area contributed by atoms with E-state index in [1.54, 1.807) is 0 Å². The second kappa shape index (κ2) is 4.40. The number of carbonyl (C=O) groups excluding carboxylic acids is 1. The van der Waals surface area contributed by atoms with Gasteiger partial charge in [0.1, 0.15) is 5.41 Å². The fourth-order valence-electron chi connectivity index (χ4n) is 2.96. The number of amides is 1. The van der Waals surface area contributed by atoms with Gasteiger partial charge in [-0.15, -0.1) is 0 Å². The molecule has 1 saturated heterocycles. The molecule has 7 nitrogen and oxygen atoms in total. The third kappa shape index (κ3) is 1.83. The first-order chi connectivity index (χ1) is 8.40. The van der Waals surface area contributed by atoms with Crippen LogP contribution in [0.5, 0.6) is 0 Å². The summed E-state index contributed by atoms with van der Waals surface area (Å²) in [5.74, 6) is -0.0142. The molecule has 0 radical (unpaired) electrons. The Labute approximate surface area is 105 Å². The van der Waals surface area contributed by atoms with Crippen LogP contribution in [0.2, 0.25) is 0 Å². The predicted octanol–water partition coefficient (Wildman–Crippen LogP) is -1.29. The minimum atomic E-state index is -0.960. The minimum Gasteiger partial charge on any atom is -0.409 e. The van der Waals surface area contributed by atoms with Gasteiger partial charge in [0.05, 0.1) is 12.2 Å². The van der Waals surface area contributed by atoms with Crippen molar-refractivity contribution in [3.63, 3.8) is 0 Å². The van der Waals surface area contributed by atoms with E-state index >= 15 is 0 Å². The Bertz CT molecular complexity index is 368. The summed E-state index contributed by atoms with van der Waals surface area (Å²) >= 11 is 0. The molecule has 18 heavy (non-hydrogen) atoms. The first-order valence-electron chi connectivity index (χ1n) is 6.04. The molecule has 1 heterocycles. The third-order valence-electron chi connectivity index (χ3n) is 3.95. The van der Waals surface area contributed by atoms with Crippen LogP contribution >= 0.6 is 0 Å². The van der Waals surface area contributed by atoms with Crippen molar-refractivity contribution in [3.8, 4) is 0 Å². The lowest BCUT2D eigenvalue weighted by atomic mass is 9.61. The largest absolute Gasteiger partial charge is 0.409 e. The normalized spacial score (nSPS) is 40.7. The molecule has 1 aliphatic heterocycles. The number of nitrogens with two attached hydrogens (primary N) is 1. The molecule has 2 rings (SSSR count). The average molecular weight is 257 g/mol. The molecule has 2 aliphatic rings. The molecule has 7 heteroatoms. The highest BCUT2D eigenvalue weighted by molar-refractivity contribution is 6.07. The van der Waals surface area contributed by atoms with Crippen LogP contribution < -0.4 is 5.73 Å². The maximum Gasteiger partial charge on any atom is 0.236 e. The Balaban J connectivity index is 2.16. The summed E-state index contributed by atoms with van der Waals surface area (Å²) in [7, 11) is 0. The lowest BCUT2D eigenvalue weighted by Crippen LogP contribution is -2.57. The Morgan fingerprint density at radius 2 is 1.83 bits per heavy atom. The topological polar surface area (TPSA) is 119 Å². The van der Waals surface area contributed by atoms with Gasteiger partial charge in [0.25, 0.3) is 0 Å². The molecule has 0 aromatic carbocycles. The van der Waals surface area contributed by atoms with Crippen molar-refractivity contribution >= 4 is 11.7 Å². The van der Waals surface area contributed by atoms with Crippen LogP contribution in [-0.4, -0.2) is 57.4 Å². The summed E-state index contributed by atoms with van der Waals surface area (Å²) in [6.07, 6.45) is -0.777. The smallest absolute Gasteiger partial charge is 0.236 e. The van der Waals surface area contributed by atoms with Gasteiger partial charge in [0.2, 0.25) is 5.91 Å². The summed E-state index contributed by atoms with van der Waals surface area (Å²) in [6, 6.07) is 0. The Morgan fingerprint density at radius 1 is 1.33 bits per heavy atom. The number of nitrogens with zero attached hydrogens (tertiary/aromatic N) is 2. The van der Waals surface area contributed by atoms with E-state index in [2.05, 4.69) is 5.16 Å². The Morgan fingerprint density at radius 3 is 2.22 bits per heavy atom. The second-order valence-corrected chi connectivity index (χ2v) is 5.43. The van der Waals surface area contributed by atoms with Gasteiger partial charge in [-0.1, -0.05) is 12.1 Å². The molecule has 0 bridgehead atoms. The molecule has 0 aromatic rings. The highest BCUT2D eigenvalue weighted by atomic mass is 16.4. The summed E-state index contributed by atoms with van der Waals surface area (Å²) in [5, 5.41) is 30.7. The number of oxime groups is 1. The molecule has 2 unspecified atom stereocenters. The number of rotatable bonds is 2. The molecule has 1 saturated carbocycles. The van der Waals surface area contributed by atoms with Gasteiger partial charge in [-0.3, -0.25) is 4.79 Å². The predicted molar refractivity (Wildman–Crippen MR) is 62.8 cm³/mol. The summed E-state index contributed by atoms with van der Waals surface area (Å²) in [6.45, 7) is 2.17. The van der Waals surface area contributed by atoms with E-state index in [4.69, 9.17) is 10.9 Å². The van der Waals surface area contributed by atoms with E-state index in [1.807, 2.05) is 6.92 Å². The summed E-state index contributed by atoms with van der Waals surface area (Å²) in [4.78, 5) is 13.8. The van der Waals surface area contributed by atoms with E-state index < -0.39 is 17.6 Å². The van der Waals surface area contributed by atoms with E-state index in [1.165, 1.54) is 4.90 Å². The molecule has 0 spiro atoms. The van der Waals surface area contributed by atoms with Crippen molar-refractivity contribution < 1.29 is 20.2 Å². The van der Waals surface area contributed by atoms with E-state index in [0.717, 1.165) is 0 Å². The van der Waals surface area contributed by atoms with Crippen LogP contribution in [0.25, 0.3) is 0 Å². The SMILES string of the molecule is CC1CC(C(=O)N2CC(O)C(O)C2)(C(N)=NO)C1. The van der Waals surface area contributed by atoms with E-state index in [9.17, 15) is 15.0 Å². The maximum absolute atomic E-state index is 12.4. The first kappa shape index (κ1) is 13.1. The van der Waals surface area contributed by atoms with Crippen molar-refractivity contribution in [2.75, 3.05) is 13.1 Å². The molecule has 1 amide bonds. The van der Waals surface area contributed by atoms with Gasteiger partial charge in [-0.25, -0.2) is 0 Å². The molecule has 2 atom stereocenters. The van der Waals surface area contributed by atoms with Crippen LogP contribution in [0.3, 0.4) is 0 Å². The Hall–Kier alpha value is -1.34. The third-order valence-corrected chi connectivity index (χ3v) is 3.95. The summed E-state index contributed by atoms with van der Waals surface area (Å²) in [5.41, 5.74) is 4.68. The highest BCUT2D eigenvalue weighted by Crippen LogP contribution is 2.47. The van der Waals surface area contributed by atoms with Crippen molar-refractivity contribution in [2.24, 2.45) is 22.2 Å². The van der Waals surface area contributed by atoms with Gasteiger partial charge in [0, 0.05) is 13.1 Å². The average Bonchev–Trinajstić information content (AvgIpc) is 2.63. The highest BCUT2D eigenvalue weighted by Gasteiger charge is 2.55. The fourth-order valence-corrected chi connectivity index (χ4v) is 2.96. The van der Waals surface area contributed by atoms with Crippen LogP contribution in [0.15, 0.2) is 5.16 Å². The standard InChI is InChI=1S/C11H19N3O4/c1-6-2-11(3-6,9(12)13-18)10(17)14-4-7(15)8(16)5-14/h6-8,15-16,18H,2-5H2,1H3,(H2,12,13). The molecule has 2 fully saturated rings. The number of aliphatic hydroxyl groups is 2. The number of β-amino-alcohol motifs (C(OH)–C–C–N with tert-alkyl or cyclic N) is 2. The molecule has 102 valence electrons. The zero-order valence-electron chi connectivity index (χ0n) is 10.3. The van der Waals surface area contributed by atoms with E-state index in [0.29, 0.717) is 18.8 Å². The van der Waals surface area contributed by atoms with Crippen LogP contribution in [-0.2, 0) is 4.79 Å². The lowest BCUT2D eigenvalue weighted by molar-refractivity contribution is -0.143. The van der Waals surface area contributed by atoms with Crippen LogP contribution in [0.1, 0.15) is 19.8 Å². The molecule has 5 N–H and O–H groups in total. The second-order valence-electron chi connectivity index (χ2n) is 5.43. The monoisotopic (exact) mass is 257 g/mol. The van der Waals surface area contributed by atoms with Gasteiger partial charge in [-0.05, 0) is 18.8 Å². The number of hydrogen-bond donors (Lipinski definition) is 4. The van der Waals surface area contributed by atoms with Crippen molar-refractivity contribution in [2.45, 2.75) is 32.0 Å². The fraction of sp³-hybridized carbons (Fsp3) is 0.818. The quantitative estimate of drug-likeness (QED) is 0.212. The lowest BCUT2D eigenvalue weighted by Gasteiger charge is -2.45. The molecular weight excluding hydrogens is 238 g/mol. The van der Waals surface area contributed by atoms with Gasteiger partial charge in [0.15, 0.2) is 5.84 Å².